The van der Waals surface area contributed by atoms with Crippen molar-refractivity contribution in [3.05, 3.63) is 102 Å². The number of hydrogen-bond donors (Lipinski definition) is 3. The molecule has 3 atom stereocenters. The zero-order valence-electron chi connectivity index (χ0n) is 33.2. The predicted molar refractivity (Wildman–Crippen MR) is 219 cm³/mol. The van der Waals surface area contributed by atoms with Gasteiger partial charge in [-0.1, -0.05) is 73.5 Å². The van der Waals surface area contributed by atoms with E-state index in [1.807, 2.05) is 42.5 Å². The summed E-state index contributed by atoms with van der Waals surface area (Å²) in [7, 11) is -2.50. The molecule has 0 radical (unpaired) electrons. The van der Waals surface area contributed by atoms with Crippen LogP contribution in [-0.4, -0.2) is 66.6 Å². The summed E-state index contributed by atoms with van der Waals surface area (Å²) in [4.78, 5) is 64.5. The molecule has 0 bridgehead atoms. The number of benzene rings is 2. The van der Waals surface area contributed by atoms with Gasteiger partial charge in [0.1, 0.15) is 17.3 Å². The summed E-state index contributed by atoms with van der Waals surface area (Å²) < 4.78 is 44.8. The Balaban J connectivity index is 1.46. The minimum atomic E-state index is -3.99. The van der Waals surface area contributed by atoms with Crippen molar-refractivity contribution in [3.63, 3.8) is 0 Å². The van der Waals surface area contributed by atoms with Crippen LogP contribution in [0.5, 0.6) is 11.8 Å². The molecule has 0 saturated carbocycles. The van der Waals surface area contributed by atoms with Crippen molar-refractivity contribution in [2.45, 2.75) is 83.8 Å². The molecule has 3 aromatic rings. The lowest BCUT2D eigenvalue weighted by atomic mass is 9.80. The molecule has 2 aromatic carbocycles. The number of aromatic nitrogens is 2. The average Bonchev–Trinajstić information content (AvgIpc) is 3.18. The number of para-hydroxylation sites is 1. The molecule has 5 rings (SSSR count). The summed E-state index contributed by atoms with van der Waals surface area (Å²) in [6.45, 7) is 5.14. The Kier molecular flexibility index (Phi) is 15.0. The van der Waals surface area contributed by atoms with E-state index >= 15 is 0 Å². The average molecular weight is 814 g/mol. The highest BCUT2D eigenvalue weighted by Crippen LogP contribution is 2.31. The van der Waals surface area contributed by atoms with Crippen molar-refractivity contribution in [1.82, 2.24) is 20.0 Å². The van der Waals surface area contributed by atoms with Crippen LogP contribution in [-0.2, 0) is 24.3 Å². The van der Waals surface area contributed by atoms with Crippen LogP contribution in [0.4, 0.5) is 10.5 Å². The van der Waals surface area contributed by atoms with E-state index in [0.717, 1.165) is 24.8 Å². The third-order valence-corrected chi connectivity index (χ3v) is 10.6. The van der Waals surface area contributed by atoms with Gasteiger partial charge in [0, 0.05) is 5.56 Å². The molecule has 1 aliphatic heterocycles. The van der Waals surface area contributed by atoms with Gasteiger partial charge in [-0.3, -0.25) is 14.4 Å². The number of fused-ring (bicyclic) bond motifs is 1. The Bertz CT molecular complexity index is 2150. The van der Waals surface area contributed by atoms with Gasteiger partial charge in [0.25, 0.3) is 5.91 Å². The second-order valence-corrected chi connectivity index (χ2v) is 16.9. The molecule has 0 spiro atoms. The van der Waals surface area contributed by atoms with Crippen LogP contribution < -0.4 is 24.8 Å². The van der Waals surface area contributed by atoms with Crippen LogP contribution >= 0.6 is 0 Å². The maximum atomic E-state index is 14.7. The van der Waals surface area contributed by atoms with Gasteiger partial charge in [0.05, 0.1) is 36.2 Å². The normalized spacial score (nSPS) is 21.6. The van der Waals surface area contributed by atoms with Crippen LogP contribution in [0.15, 0.2) is 96.8 Å². The highest BCUT2D eigenvalue weighted by Gasteiger charge is 2.39. The first-order chi connectivity index (χ1) is 27.7. The fourth-order valence-corrected chi connectivity index (χ4v) is 7.53. The number of amides is 3. The second kappa shape index (κ2) is 20.0. The highest BCUT2D eigenvalue weighted by molar-refractivity contribution is 7.90. The lowest BCUT2D eigenvalue weighted by Gasteiger charge is -2.29. The number of hydrogen-bond acceptors (Lipinski definition) is 11. The van der Waals surface area contributed by atoms with Crippen molar-refractivity contribution in [1.29, 1.82) is 0 Å². The van der Waals surface area contributed by atoms with Crippen molar-refractivity contribution in [3.8, 4) is 23.1 Å². The quantitative estimate of drug-likeness (QED) is 0.170. The first-order valence-corrected chi connectivity index (χ1v) is 21.0. The van der Waals surface area contributed by atoms with Crippen molar-refractivity contribution in [2.24, 2.45) is 11.8 Å². The molecule has 14 nitrogen and oxygen atoms in total. The molecule has 2 aliphatic rings. The Morgan fingerprint density at radius 1 is 0.897 bits per heavy atom. The van der Waals surface area contributed by atoms with E-state index in [0.29, 0.717) is 36.7 Å². The number of carbonyl (C=O) groups is 4. The number of alkyl carbamates (subject to hydrolysis) is 1. The summed E-state index contributed by atoms with van der Waals surface area (Å²) in [6.07, 6.45) is 12.3. The van der Waals surface area contributed by atoms with Crippen LogP contribution in [0.1, 0.15) is 82.5 Å². The first kappa shape index (κ1) is 43.3. The van der Waals surface area contributed by atoms with E-state index in [9.17, 15) is 27.6 Å². The van der Waals surface area contributed by atoms with Crippen LogP contribution in [0.3, 0.4) is 0 Å². The van der Waals surface area contributed by atoms with Gasteiger partial charge in [0.15, 0.2) is 11.6 Å². The van der Waals surface area contributed by atoms with Gasteiger partial charge in [0.2, 0.25) is 27.7 Å². The molecular formula is C43H51N5O9S. The Hall–Kier alpha value is -5.83. The SMILES string of the molecule is COc1cc(OC2=CCC(C3C(=O)Nc4ccccc4C(=O)NS(=O)(=O)CCC/C=C/CCCCC[C@H](NC(=O)OC(C)(C)C)C3=O)C=C2)nc(-c2ccccc2)n1. The van der Waals surface area contributed by atoms with Crippen LogP contribution in [0, 0.1) is 11.8 Å². The molecule has 0 fully saturated rings. The molecular weight excluding hydrogens is 763 g/mol. The van der Waals surface area contributed by atoms with Gasteiger partial charge in [-0.2, -0.15) is 9.97 Å². The van der Waals surface area contributed by atoms with E-state index < -0.39 is 57.2 Å². The maximum absolute atomic E-state index is 14.7. The molecule has 3 N–H and O–H groups in total. The molecule has 1 aromatic heterocycles. The van der Waals surface area contributed by atoms with Crippen molar-refractivity contribution in [2.75, 3.05) is 18.2 Å². The Morgan fingerprint density at radius 2 is 1.60 bits per heavy atom. The zero-order valence-corrected chi connectivity index (χ0v) is 34.0. The molecule has 308 valence electrons. The monoisotopic (exact) mass is 813 g/mol. The lowest BCUT2D eigenvalue weighted by Crippen LogP contribution is -2.49. The number of ketones is 1. The van der Waals surface area contributed by atoms with E-state index in [4.69, 9.17) is 14.2 Å². The van der Waals surface area contributed by atoms with Crippen molar-refractivity contribution >= 4 is 39.4 Å². The number of methoxy groups -OCH3 is 1. The number of rotatable bonds is 6. The van der Waals surface area contributed by atoms with E-state index in [1.165, 1.54) is 25.3 Å². The molecule has 3 amide bonds. The van der Waals surface area contributed by atoms with Gasteiger partial charge in [-0.05, 0) is 89.5 Å². The molecule has 1 aliphatic carbocycles. The number of Topliss-reactive ketones (excluding diaryl/α,β-unsaturated/α-hetero) is 1. The van der Waals surface area contributed by atoms with E-state index in [-0.39, 0.29) is 35.7 Å². The van der Waals surface area contributed by atoms with E-state index in [2.05, 4.69) is 25.3 Å². The number of allylic oxidation sites excluding steroid dienone is 5. The standard InChI is InChI=1S/C43H51N5O9S/c1-43(2,3)57-42(52)45-34-22-14-9-7-5-6-8-10-17-27-58(53,54)48-40(50)32-20-15-16-21-33(32)44-41(51)37(38(34)49)29-23-25-31(26-24-29)56-36-28-35(55-4)46-39(47-36)30-18-12-11-13-19-30/h6,8,11-13,15-16,18-21,23,25-26,28-29,34,37H,5,7,9-10,14,17,22,24,27H2,1-4H3,(H,44,51)(H,45,52)(H,48,50)/b8-6+/t29?,34-,37?/m0/s1. The summed E-state index contributed by atoms with van der Waals surface area (Å²) in [5, 5.41) is 5.46. The van der Waals surface area contributed by atoms with Gasteiger partial charge in [-0.15, -0.1) is 0 Å². The minimum absolute atomic E-state index is 0.0123. The van der Waals surface area contributed by atoms with E-state index in [1.54, 1.807) is 51.1 Å². The number of anilines is 1. The number of nitrogens with zero attached hydrogens (tertiary/aromatic N) is 2. The minimum Gasteiger partial charge on any atom is -0.481 e. The summed E-state index contributed by atoms with van der Waals surface area (Å²) >= 11 is 0. The number of carbonyl (C=O) groups excluding carboxylic acids is 4. The second-order valence-electron chi connectivity index (χ2n) is 15.0. The van der Waals surface area contributed by atoms with Gasteiger partial charge < -0.3 is 24.8 Å². The van der Waals surface area contributed by atoms with Crippen LogP contribution in [0.2, 0.25) is 0 Å². The summed E-state index contributed by atoms with van der Waals surface area (Å²) in [5.74, 6) is -3.27. The summed E-state index contributed by atoms with van der Waals surface area (Å²) in [5.41, 5.74) is -0.177. The molecule has 15 heteroatoms. The molecule has 0 saturated heterocycles. The highest BCUT2D eigenvalue weighted by atomic mass is 32.2. The topological polar surface area (TPSA) is 192 Å². The lowest BCUT2D eigenvalue weighted by molar-refractivity contribution is -0.134. The smallest absolute Gasteiger partial charge is 0.408 e. The fourth-order valence-electron chi connectivity index (χ4n) is 6.49. The molecule has 58 heavy (non-hydrogen) atoms. The molecule has 2 heterocycles. The maximum Gasteiger partial charge on any atom is 0.408 e. The molecule has 2 unspecified atom stereocenters. The Labute approximate surface area is 339 Å². The number of sulfonamides is 1. The summed E-state index contributed by atoms with van der Waals surface area (Å²) in [6, 6.07) is 15.7. The van der Waals surface area contributed by atoms with Crippen LogP contribution in [0.25, 0.3) is 11.4 Å². The first-order valence-electron chi connectivity index (χ1n) is 19.4. The third kappa shape index (κ3) is 12.8. The third-order valence-electron chi connectivity index (χ3n) is 9.29. The number of nitrogens with one attached hydrogen (secondary N) is 3. The fraction of sp³-hybridized carbons (Fsp3) is 0.395. The predicted octanol–water partition coefficient (Wildman–Crippen LogP) is 7.07. The largest absolute Gasteiger partial charge is 0.481 e. The van der Waals surface area contributed by atoms with Crippen molar-refractivity contribution < 1.29 is 41.8 Å². The van der Waals surface area contributed by atoms with Gasteiger partial charge in [-0.25, -0.2) is 17.9 Å². The zero-order chi connectivity index (χ0) is 41.7. The Morgan fingerprint density at radius 3 is 2.31 bits per heavy atom. The van der Waals surface area contributed by atoms with Gasteiger partial charge >= 0.3 is 6.09 Å². The number of ether oxygens (including phenoxy) is 3.